The smallest absolute Gasteiger partial charge is 0.247 e. The third kappa shape index (κ3) is 3.71. The quantitative estimate of drug-likeness (QED) is 0.609. The zero-order valence-electron chi connectivity index (χ0n) is 14.2. The summed E-state index contributed by atoms with van der Waals surface area (Å²) in [5.74, 6) is 4.67. The summed E-state index contributed by atoms with van der Waals surface area (Å²) in [7, 11) is -3.71. The average molecular weight is 400 g/mol. The largest absolute Gasteiger partial charge is 0.307 e. The lowest BCUT2D eigenvalue weighted by Gasteiger charge is -2.23. The van der Waals surface area contributed by atoms with Crippen LogP contribution >= 0.6 is 11.3 Å². The molecular weight excluding hydrogens is 384 g/mol. The highest BCUT2D eigenvalue weighted by atomic mass is 32.2. The van der Waals surface area contributed by atoms with Crippen molar-refractivity contribution in [2.24, 2.45) is 5.14 Å². The number of nitrogens with zero attached hydrogens (tertiary/aromatic N) is 4. The van der Waals surface area contributed by atoms with Gasteiger partial charge in [0.15, 0.2) is 5.82 Å². The number of primary sulfonamides is 1. The molecule has 3 aromatic heterocycles. The van der Waals surface area contributed by atoms with E-state index in [0.717, 1.165) is 34.9 Å². The second-order valence-corrected chi connectivity index (χ2v) is 9.11. The van der Waals surface area contributed by atoms with Gasteiger partial charge < -0.3 is 4.90 Å². The molecule has 10 heteroatoms. The molecule has 0 saturated heterocycles. The summed E-state index contributed by atoms with van der Waals surface area (Å²) >= 11 is 1.11. The first kappa shape index (κ1) is 17.7. The van der Waals surface area contributed by atoms with Gasteiger partial charge in [-0.15, -0.1) is 17.8 Å². The van der Waals surface area contributed by atoms with Crippen LogP contribution in [0, 0.1) is 12.3 Å². The number of aromatic amines is 1. The minimum Gasteiger partial charge on any atom is -0.307 e. The van der Waals surface area contributed by atoms with E-state index in [2.05, 4.69) is 31.0 Å². The number of anilines is 2. The highest BCUT2D eigenvalue weighted by Crippen LogP contribution is 2.37. The number of nitrogens with one attached hydrogen (secondary N) is 1. The van der Waals surface area contributed by atoms with Crippen molar-refractivity contribution < 1.29 is 8.42 Å². The van der Waals surface area contributed by atoms with Crippen LogP contribution in [0.4, 0.5) is 11.6 Å². The molecule has 0 aliphatic heterocycles. The maximum absolute atomic E-state index is 11.5. The van der Waals surface area contributed by atoms with Crippen molar-refractivity contribution >= 4 is 33.0 Å². The lowest BCUT2D eigenvalue weighted by molar-refractivity contribution is 0.600. The summed E-state index contributed by atoms with van der Waals surface area (Å²) in [5.41, 5.74) is 0.594. The van der Waals surface area contributed by atoms with E-state index in [1.165, 1.54) is 6.07 Å². The number of hydrogen-bond donors (Lipinski definition) is 2. The topological polar surface area (TPSA) is 118 Å². The molecule has 3 aromatic rings. The summed E-state index contributed by atoms with van der Waals surface area (Å²) < 4.78 is 23.0. The average Bonchev–Trinajstić information content (AvgIpc) is 3.09. The van der Waals surface area contributed by atoms with Crippen molar-refractivity contribution in [3.05, 3.63) is 46.9 Å². The van der Waals surface area contributed by atoms with Crippen molar-refractivity contribution in [2.45, 2.75) is 29.5 Å². The third-order valence-corrected chi connectivity index (χ3v) is 6.63. The van der Waals surface area contributed by atoms with Gasteiger partial charge in [0.05, 0.1) is 11.8 Å². The first-order valence-electron chi connectivity index (χ1n) is 8.18. The predicted octanol–water partition coefficient (Wildman–Crippen LogP) is 1.78. The summed E-state index contributed by atoms with van der Waals surface area (Å²) in [6, 6.07) is 5.40. The molecule has 3 heterocycles. The molecule has 1 saturated carbocycles. The molecular formula is C17H16N6O2S2. The molecule has 138 valence electrons. The molecule has 0 aromatic carbocycles. The van der Waals surface area contributed by atoms with Crippen LogP contribution < -0.4 is 10.0 Å². The Labute approximate surface area is 160 Å². The SMILES string of the molecule is C#Cc1cnc(Cc2ccc(S(N)(=O)=O)s2)nc1N(c1ccn[nH]1)C1CC1. The minimum absolute atomic E-state index is 0.120. The minimum atomic E-state index is -3.71. The molecule has 0 unspecified atom stereocenters. The molecule has 3 N–H and O–H groups in total. The van der Waals surface area contributed by atoms with Crippen LogP contribution in [-0.2, 0) is 16.4 Å². The van der Waals surface area contributed by atoms with Crippen LogP contribution in [0.3, 0.4) is 0 Å². The van der Waals surface area contributed by atoms with Gasteiger partial charge in [-0.1, -0.05) is 5.92 Å². The van der Waals surface area contributed by atoms with Gasteiger partial charge in [-0.3, -0.25) is 5.10 Å². The second kappa shape index (κ2) is 6.77. The second-order valence-electron chi connectivity index (χ2n) is 6.15. The van der Waals surface area contributed by atoms with E-state index in [-0.39, 0.29) is 4.21 Å². The molecule has 1 aliphatic carbocycles. The number of rotatable bonds is 6. The molecule has 0 bridgehead atoms. The van der Waals surface area contributed by atoms with Crippen LogP contribution in [0.5, 0.6) is 0 Å². The predicted molar refractivity (Wildman–Crippen MR) is 102 cm³/mol. The Morgan fingerprint density at radius 1 is 1.37 bits per heavy atom. The normalized spacial score (nSPS) is 14.1. The summed E-state index contributed by atoms with van der Waals surface area (Å²) in [4.78, 5) is 11.9. The summed E-state index contributed by atoms with van der Waals surface area (Å²) in [6.07, 6.45) is 11.4. The van der Waals surface area contributed by atoms with Crippen molar-refractivity contribution in [2.75, 3.05) is 4.90 Å². The van der Waals surface area contributed by atoms with E-state index in [1.54, 1.807) is 18.5 Å². The maximum Gasteiger partial charge on any atom is 0.247 e. The van der Waals surface area contributed by atoms with Crippen molar-refractivity contribution in [1.29, 1.82) is 0 Å². The fourth-order valence-electron chi connectivity index (χ4n) is 2.74. The van der Waals surface area contributed by atoms with E-state index in [1.807, 2.05) is 6.07 Å². The summed E-state index contributed by atoms with van der Waals surface area (Å²) in [6.45, 7) is 0. The van der Waals surface area contributed by atoms with E-state index < -0.39 is 10.0 Å². The Morgan fingerprint density at radius 3 is 2.78 bits per heavy atom. The van der Waals surface area contributed by atoms with Gasteiger partial charge in [-0.25, -0.2) is 23.5 Å². The molecule has 0 amide bonds. The molecule has 0 atom stereocenters. The van der Waals surface area contributed by atoms with Gasteiger partial charge >= 0.3 is 0 Å². The highest BCUT2D eigenvalue weighted by Gasteiger charge is 2.33. The Bertz CT molecular complexity index is 1110. The van der Waals surface area contributed by atoms with Gasteiger partial charge in [-0.05, 0) is 25.0 Å². The van der Waals surface area contributed by atoms with Crippen LogP contribution in [0.25, 0.3) is 0 Å². The first-order chi connectivity index (χ1) is 13.0. The Morgan fingerprint density at radius 2 is 2.19 bits per heavy atom. The monoisotopic (exact) mass is 400 g/mol. The molecule has 0 radical (unpaired) electrons. The van der Waals surface area contributed by atoms with Crippen LogP contribution in [0.15, 0.2) is 34.8 Å². The van der Waals surface area contributed by atoms with Gasteiger partial charge in [0.1, 0.15) is 15.9 Å². The number of thiophene rings is 1. The lowest BCUT2D eigenvalue weighted by atomic mass is 10.2. The molecule has 1 fully saturated rings. The Kier molecular flexibility index (Phi) is 4.43. The van der Waals surface area contributed by atoms with E-state index in [9.17, 15) is 8.42 Å². The van der Waals surface area contributed by atoms with Crippen molar-refractivity contribution in [3.63, 3.8) is 0 Å². The van der Waals surface area contributed by atoms with Gasteiger partial charge in [-0.2, -0.15) is 5.10 Å². The molecule has 4 rings (SSSR count). The summed E-state index contributed by atoms with van der Waals surface area (Å²) in [5, 5.41) is 12.2. The lowest BCUT2D eigenvalue weighted by Crippen LogP contribution is -2.23. The standard InChI is InChI=1S/C17H16N6O2S2/c1-2-11-10-19-14(9-13-5-6-16(26-13)27(18,24)25)21-17(11)23(12-3-4-12)15-7-8-20-22-15/h1,5-8,10,12H,3-4,9H2,(H,20,22)(H2,18,24,25). The van der Waals surface area contributed by atoms with E-state index in [4.69, 9.17) is 11.6 Å². The van der Waals surface area contributed by atoms with Crippen LogP contribution in [0.1, 0.15) is 29.1 Å². The third-order valence-electron chi connectivity index (χ3n) is 4.11. The molecule has 1 aliphatic rings. The number of sulfonamides is 1. The number of H-pyrrole nitrogens is 1. The van der Waals surface area contributed by atoms with Crippen molar-refractivity contribution in [1.82, 2.24) is 20.2 Å². The fraction of sp³-hybridized carbons (Fsp3) is 0.235. The number of terminal acetylenes is 1. The number of nitrogens with two attached hydrogens (primary N) is 1. The van der Waals surface area contributed by atoms with E-state index in [0.29, 0.717) is 29.7 Å². The van der Waals surface area contributed by atoms with Gasteiger partial charge in [0.2, 0.25) is 10.0 Å². The van der Waals surface area contributed by atoms with Crippen molar-refractivity contribution in [3.8, 4) is 12.3 Å². The number of aromatic nitrogens is 4. The molecule has 0 spiro atoms. The Hall–Kier alpha value is -2.74. The van der Waals surface area contributed by atoms with Crippen LogP contribution in [0.2, 0.25) is 0 Å². The molecule has 27 heavy (non-hydrogen) atoms. The number of hydrogen-bond acceptors (Lipinski definition) is 7. The zero-order valence-corrected chi connectivity index (χ0v) is 15.8. The zero-order chi connectivity index (χ0) is 19.0. The van der Waals surface area contributed by atoms with Crippen LogP contribution in [-0.4, -0.2) is 34.6 Å². The molecule has 8 nitrogen and oxygen atoms in total. The highest BCUT2D eigenvalue weighted by molar-refractivity contribution is 7.91. The van der Waals surface area contributed by atoms with Gasteiger partial charge in [0.25, 0.3) is 0 Å². The first-order valence-corrected chi connectivity index (χ1v) is 10.5. The van der Waals surface area contributed by atoms with Gasteiger partial charge in [0, 0.05) is 29.6 Å². The van der Waals surface area contributed by atoms with E-state index >= 15 is 0 Å². The fourth-order valence-corrected chi connectivity index (χ4v) is 4.52. The maximum atomic E-state index is 11.5. The Balaban J connectivity index is 1.69.